The molecule has 32 heavy (non-hydrogen) atoms. The van der Waals surface area contributed by atoms with E-state index in [0.717, 1.165) is 26.2 Å². The zero-order chi connectivity index (χ0) is 23.3. The standard InChI is InChI=1S/C20H24N2O3.C2HF3O2/c1-14-5-2-3-6-15(14)10-22-11-17-16(13-25-19(17)12-22)9-21-20(23)18-7-4-8-24-18;3-2(4,5)1(6)7/h2-8,16-17,19H,9-13H2,1H3,(H,21,23);(H,6,7)/t16-,17+,19+;/m0./s1. The molecule has 2 aliphatic rings. The number of carbonyl (C=O) groups excluding carboxylic acids is 1. The molecule has 0 bridgehead atoms. The van der Waals surface area contributed by atoms with Crippen molar-refractivity contribution in [1.29, 1.82) is 0 Å². The van der Waals surface area contributed by atoms with Crippen molar-refractivity contribution < 1.29 is 37.0 Å². The highest BCUT2D eigenvalue weighted by molar-refractivity contribution is 5.91. The maximum absolute atomic E-state index is 12.0. The van der Waals surface area contributed by atoms with Gasteiger partial charge in [0.25, 0.3) is 5.91 Å². The van der Waals surface area contributed by atoms with Crippen LogP contribution in [-0.2, 0) is 16.1 Å². The molecule has 0 radical (unpaired) electrons. The summed E-state index contributed by atoms with van der Waals surface area (Å²) in [6.07, 6.45) is -3.28. The predicted octanol–water partition coefficient (Wildman–Crippen LogP) is 3.10. The minimum Gasteiger partial charge on any atom is -0.475 e. The van der Waals surface area contributed by atoms with Gasteiger partial charge in [0.05, 0.1) is 19.0 Å². The maximum atomic E-state index is 12.0. The molecule has 174 valence electrons. The molecule has 0 spiro atoms. The van der Waals surface area contributed by atoms with Crippen LogP contribution in [0.4, 0.5) is 13.2 Å². The number of nitrogens with zero attached hydrogens (tertiary/aromatic N) is 1. The first-order valence-electron chi connectivity index (χ1n) is 10.2. The highest BCUT2D eigenvalue weighted by atomic mass is 19.4. The highest BCUT2D eigenvalue weighted by Crippen LogP contribution is 2.34. The predicted molar refractivity (Wildman–Crippen MR) is 108 cm³/mol. The fourth-order valence-corrected chi connectivity index (χ4v) is 3.97. The smallest absolute Gasteiger partial charge is 0.475 e. The molecule has 2 aliphatic heterocycles. The Bertz CT molecular complexity index is 917. The lowest BCUT2D eigenvalue weighted by Gasteiger charge is -2.20. The first-order valence-corrected chi connectivity index (χ1v) is 10.2. The van der Waals surface area contributed by atoms with Crippen LogP contribution in [0.3, 0.4) is 0 Å². The summed E-state index contributed by atoms with van der Waals surface area (Å²) in [7, 11) is 0. The molecule has 2 fully saturated rings. The molecular weight excluding hydrogens is 429 g/mol. The maximum Gasteiger partial charge on any atom is 0.490 e. The fourth-order valence-electron chi connectivity index (χ4n) is 3.97. The van der Waals surface area contributed by atoms with Gasteiger partial charge in [-0.15, -0.1) is 0 Å². The summed E-state index contributed by atoms with van der Waals surface area (Å²) in [6.45, 7) is 6.50. The number of furan rings is 1. The lowest BCUT2D eigenvalue weighted by Crippen LogP contribution is -2.34. The topological polar surface area (TPSA) is 92.0 Å². The van der Waals surface area contributed by atoms with Gasteiger partial charge in [0.15, 0.2) is 5.76 Å². The summed E-state index contributed by atoms with van der Waals surface area (Å²) in [6, 6.07) is 12.0. The summed E-state index contributed by atoms with van der Waals surface area (Å²) in [5, 5.41) is 10.1. The number of carboxylic acid groups (broad SMARTS) is 1. The highest BCUT2D eigenvalue weighted by Gasteiger charge is 2.43. The Hall–Kier alpha value is -2.85. The van der Waals surface area contributed by atoms with E-state index >= 15 is 0 Å². The normalized spacial score (nSPS) is 22.7. The van der Waals surface area contributed by atoms with Gasteiger partial charge in [0, 0.05) is 38.0 Å². The van der Waals surface area contributed by atoms with Gasteiger partial charge in [-0.1, -0.05) is 24.3 Å². The van der Waals surface area contributed by atoms with Crippen molar-refractivity contribution >= 4 is 11.9 Å². The Morgan fingerprint density at radius 3 is 2.53 bits per heavy atom. The van der Waals surface area contributed by atoms with Crippen molar-refractivity contribution in [3.05, 3.63) is 59.5 Å². The first-order chi connectivity index (χ1) is 15.1. The molecule has 3 heterocycles. The average molecular weight is 454 g/mol. The SMILES string of the molecule is Cc1ccccc1CN1C[C@@H]2[C@@H](CNC(=O)c3ccco3)CO[C@@H]2C1.O=C(O)C(F)(F)F. The molecule has 1 aromatic heterocycles. The molecule has 2 aromatic rings. The van der Waals surface area contributed by atoms with E-state index in [4.69, 9.17) is 19.1 Å². The molecule has 0 saturated carbocycles. The molecule has 1 aromatic carbocycles. The van der Waals surface area contributed by atoms with Gasteiger partial charge in [-0.25, -0.2) is 4.79 Å². The molecule has 0 aliphatic carbocycles. The van der Waals surface area contributed by atoms with Gasteiger partial charge in [0.1, 0.15) is 0 Å². The van der Waals surface area contributed by atoms with E-state index in [1.807, 2.05) is 0 Å². The quantitative estimate of drug-likeness (QED) is 0.722. The van der Waals surface area contributed by atoms with E-state index in [1.165, 1.54) is 17.4 Å². The number of carbonyl (C=O) groups is 2. The molecule has 2 saturated heterocycles. The number of benzene rings is 1. The van der Waals surface area contributed by atoms with E-state index in [-0.39, 0.29) is 12.0 Å². The summed E-state index contributed by atoms with van der Waals surface area (Å²) >= 11 is 0. The third kappa shape index (κ3) is 6.10. The second-order valence-electron chi connectivity index (χ2n) is 7.91. The largest absolute Gasteiger partial charge is 0.490 e. The summed E-state index contributed by atoms with van der Waals surface area (Å²) in [5.74, 6) is -1.69. The van der Waals surface area contributed by atoms with Crippen LogP contribution in [0.1, 0.15) is 21.7 Å². The Kier molecular flexibility index (Phi) is 7.57. The van der Waals surface area contributed by atoms with Crippen LogP contribution >= 0.6 is 0 Å². The fraction of sp³-hybridized carbons (Fsp3) is 0.455. The minimum atomic E-state index is -5.08. The van der Waals surface area contributed by atoms with E-state index in [2.05, 4.69) is 41.4 Å². The molecule has 4 rings (SSSR count). The zero-order valence-corrected chi connectivity index (χ0v) is 17.5. The van der Waals surface area contributed by atoms with Gasteiger partial charge < -0.3 is 19.6 Å². The third-order valence-corrected chi connectivity index (χ3v) is 5.68. The van der Waals surface area contributed by atoms with Crippen LogP contribution in [0, 0.1) is 18.8 Å². The van der Waals surface area contributed by atoms with Gasteiger partial charge in [0.2, 0.25) is 0 Å². The number of alkyl halides is 3. The molecule has 1 amide bonds. The van der Waals surface area contributed by atoms with E-state index in [9.17, 15) is 18.0 Å². The van der Waals surface area contributed by atoms with E-state index in [1.54, 1.807) is 12.1 Å². The van der Waals surface area contributed by atoms with Gasteiger partial charge in [-0.05, 0) is 30.2 Å². The van der Waals surface area contributed by atoms with Gasteiger partial charge in [-0.3, -0.25) is 9.69 Å². The molecule has 10 heteroatoms. The summed E-state index contributed by atoms with van der Waals surface area (Å²) in [5.41, 5.74) is 2.72. The Morgan fingerprint density at radius 2 is 1.91 bits per heavy atom. The van der Waals surface area contributed by atoms with Gasteiger partial charge in [-0.2, -0.15) is 13.2 Å². The molecule has 0 unspecified atom stereocenters. The first kappa shape index (κ1) is 23.8. The Balaban J connectivity index is 0.000000360. The molecule has 7 nitrogen and oxygen atoms in total. The van der Waals surface area contributed by atoms with Crippen LogP contribution in [-0.4, -0.2) is 60.4 Å². The Labute approximate surface area is 183 Å². The number of aliphatic carboxylic acids is 1. The number of carboxylic acids is 1. The van der Waals surface area contributed by atoms with Crippen molar-refractivity contribution in [1.82, 2.24) is 10.2 Å². The number of nitrogens with one attached hydrogen (secondary N) is 1. The Morgan fingerprint density at radius 1 is 1.19 bits per heavy atom. The number of likely N-dealkylation sites (tertiary alicyclic amines) is 1. The van der Waals surface area contributed by atoms with Crippen molar-refractivity contribution in [2.24, 2.45) is 11.8 Å². The van der Waals surface area contributed by atoms with Crippen molar-refractivity contribution in [2.75, 3.05) is 26.2 Å². The number of aryl methyl sites for hydroxylation is 1. The molecular formula is C22H25F3N2O5. The monoisotopic (exact) mass is 454 g/mol. The zero-order valence-electron chi connectivity index (χ0n) is 17.5. The third-order valence-electron chi connectivity index (χ3n) is 5.68. The second kappa shape index (κ2) is 10.2. The lowest BCUT2D eigenvalue weighted by molar-refractivity contribution is -0.192. The average Bonchev–Trinajstić information content (AvgIpc) is 3.46. The lowest BCUT2D eigenvalue weighted by atomic mass is 9.93. The second-order valence-corrected chi connectivity index (χ2v) is 7.91. The van der Waals surface area contributed by atoms with Crippen LogP contribution in [0.2, 0.25) is 0 Å². The van der Waals surface area contributed by atoms with E-state index < -0.39 is 12.1 Å². The molecule has 3 atom stereocenters. The number of ether oxygens (including phenoxy) is 1. The number of hydrogen-bond donors (Lipinski definition) is 2. The van der Waals surface area contributed by atoms with Crippen LogP contribution in [0.5, 0.6) is 0 Å². The van der Waals surface area contributed by atoms with Gasteiger partial charge >= 0.3 is 12.1 Å². The number of amides is 1. The van der Waals surface area contributed by atoms with Crippen LogP contribution in [0.15, 0.2) is 47.1 Å². The van der Waals surface area contributed by atoms with Crippen molar-refractivity contribution in [2.45, 2.75) is 25.7 Å². The number of halogens is 3. The minimum absolute atomic E-state index is 0.150. The van der Waals surface area contributed by atoms with Crippen molar-refractivity contribution in [3.8, 4) is 0 Å². The van der Waals surface area contributed by atoms with Crippen LogP contribution < -0.4 is 5.32 Å². The summed E-state index contributed by atoms with van der Waals surface area (Å²) in [4.78, 5) is 23.4. The molecule has 2 N–H and O–H groups in total. The number of hydrogen-bond acceptors (Lipinski definition) is 5. The van der Waals surface area contributed by atoms with Crippen molar-refractivity contribution in [3.63, 3.8) is 0 Å². The summed E-state index contributed by atoms with van der Waals surface area (Å²) < 4.78 is 42.9. The number of rotatable bonds is 5. The van der Waals surface area contributed by atoms with E-state index in [0.29, 0.717) is 24.1 Å². The number of fused-ring (bicyclic) bond motifs is 1. The van der Waals surface area contributed by atoms with Crippen LogP contribution in [0.25, 0.3) is 0 Å².